The van der Waals surface area contributed by atoms with E-state index in [4.69, 9.17) is 15.0 Å². The van der Waals surface area contributed by atoms with E-state index in [9.17, 15) is 0 Å². The highest BCUT2D eigenvalue weighted by Gasteiger charge is 2.47. The monoisotopic (exact) mass is 965 g/mol. The van der Waals surface area contributed by atoms with Gasteiger partial charge in [-0.05, 0) is 114 Å². The van der Waals surface area contributed by atoms with Crippen molar-refractivity contribution in [2.45, 2.75) is 342 Å². The van der Waals surface area contributed by atoms with Gasteiger partial charge in [-0.1, -0.05) is 207 Å². The van der Waals surface area contributed by atoms with Crippen LogP contribution < -0.4 is 15.1 Å². The van der Waals surface area contributed by atoms with Crippen LogP contribution in [0.25, 0.3) is 0 Å². The number of unbranched alkanes of at least 4 members (excludes halogenated alkanes) is 29. The minimum atomic E-state index is 0.0703. The second-order valence-electron chi connectivity index (χ2n) is 25.3. The Bertz CT molecular complexity index is 1320. The van der Waals surface area contributed by atoms with Crippen molar-refractivity contribution in [3.8, 4) is 0 Å². The molecule has 69 heavy (non-hydrogen) atoms. The zero-order valence-electron chi connectivity index (χ0n) is 48.9. The third kappa shape index (κ3) is 23.0. The lowest BCUT2D eigenvalue weighted by atomic mass is 9.77. The number of nitrogens with one attached hydrogen (secondary N) is 1. The summed E-state index contributed by atoms with van der Waals surface area (Å²) in [6.45, 7) is 29.5. The van der Waals surface area contributed by atoms with E-state index in [1.165, 1.54) is 199 Å². The lowest BCUT2D eigenvalue weighted by molar-refractivity contribution is -0.0130. The average Bonchev–Trinajstić information content (AvgIpc) is 3.29. The standard InChI is InChI=1S/C61H120N8/c1-14-17-20-23-26-29-32-33-34-37-40-43-46-62-55-63-56(68(47-44-41-38-35-30-27-24-21-18-15-2)53-49-58(4,5)66(12)59(6,7)50-53)65-57(64-55)69(48-45-42-39-36-31-28-25-22-19-16-3)54-51-60(8,9)67(13)61(10,11)52-54/h53-54H,14-52H2,1-13H3,(H,62,63,64,65). The van der Waals surface area contributed by atoms with Gasteiger partial charge in [-0.3, -0.25) is 9.80 Å². The molecule has 2 aliphatic heterocycles. The molecule has 0 amide bonds. The smallest absolute Gasteiger partial charge is 0.232 e. The van der Waals surface area contributed by atoms with Crippen LogP contribution >= 0.6 is 0 Å². The second kappa shape index (κ2) is 33.2. The molecule has 404 valence electrons. The highest BCUT2D eigenvalue weighted by molar-refractivity contribution is 5.47. The molecule has 1 aromatic heterocycles. The van der Waals surface area contributed by atoms with Crippen LogP contribution in [0.2, 0.25) is 0 Å². The Balaban J connectivity index is 1.92. The Labute approximate surface area is 431 Å². The maximum Gasteiger partial charge on any atom is 0.232 e. The normalized spacial score (nSPS) is 18.5. The van der Waals surface area contributed by atoms with Crippen molar-refractivity contribution in [1.29, 1.82) is 0 Å². The fourth-order valence-electron chi connectivity index (χ4n) is 12.4. The number of rotatable bonds is 40. The van der Waals surface area contributed by atoms with E-state index in [1.54, 1.807) is 0 Å². The van der Waals surface area contributed by atoms with Gasteiger partial charge in [0.05, 0.1) is 0 Å². The molecule has 8 nitrogen and oxygen atoms in total. The Morgan fingerprint density at radius 1 is 0.377 bits per heavy atom. The van der Waals surface area contributed by atoms with Gasteiger partial charge < -0.3 is 15.1 Å². The van der Waals surface area contributed by atoms with E-state index in [0.29, 0.717) is 12.1 Å². The van der Waals surface area contributed by atoms with E-state index in [1.807, 2.05) is 0 Å². The topological polar surface area (TPSA) is 63.7 Å². The second-order valence-corrected chi connectivity index (χ2v) is 25.3. The molecule has 0 unspecified atom stereocenters. The highest BCUT2D eigenvalue weighted by atomic mass is 15.4. The van der Waals surface area contributed by atoms with Gasteiger partial charge >= 0.3 is 0 Å². The van der Waals surface area contributed by atoms with E-state index < -0.39 is 0 Å². The first kappa shape index (κ1) is 61.6. The summed E-state index contributed by atoms with van der Waals surface area (Å²) in [5.74, 6) is 2.61. The summed E-state index contributed by atoms with van der Waals surface area (Å²) in [6.07, 6.45) is 47.7. The van der Waals surface area contributed by atoms with Crippen LogP contribution in [0.15, 0.2) is 0 Å². The summed E-state index contributed by atoms with van der Waals surface area (Å²) in [6, 6.07) is 0.724. The average molecular weight is 966 g/mol. The van der Waals surface area contributed by atoms with Gasteiger partial charge in [-0.15, -0.1) is 0 Å². The third-order valence-corrected chi connectivity index (χ3v) is 17.4. The first-order valence-electron chi connectivity index (χ1n) is 30.5. The first-order chi connectivity index (χ1) is 33.0. The Kier molecular flexibility index (Phi) is 29.7. The number of hydrogen-bond donors (Lipinski definition) is 1. The van der Waals surface area contributed by atoms with Crippen LogP contribution in [-0.2, 0) is 0 Å². The Morgan fingerprint density at radius 2 is 0.623 bits per heavy atom. The van der Waals surface area contributed by atoms with Crippen molar-refractivity contribution in [2.24, 2.45) is 0 Å². The third-order valence-electron chi connectivity index (χ3n) is 17.4. The number of hydrogen-bond acceptors (Lipinski definition) is 8. The van der Waals surface area contributed by atoms with Gasteiger partial charge in [-0.2, -0.15) is 15.0 Å². The SMILES string of the molecule is CCCCCCCCCCCCCCNc1nc(N(CCCCCCCCCCCC)C2CC(C)(C)N(C)C(C)(C)C2)nc(N(CCCCCCCCCCCC)C2CC(C)(C)N(C)C(C)(C)C2)n1. The molecule has 0 bridgehead atoms. The molecular formula is C61H120N8. The summed E-state index contributed by atoms with van der Waals surface area (Å²) in [4.78, 5) is 27.3. The fraction of sp³-hybridized carbons (Fsp3) is 0.951. The van der Waals surface area contributed by atoms with Crippen molar-refractivity contribution in [2.75, 3.05) is 48.8 Å². The quantitative estimate of drug-likeness (QED) is 0.0653. The van der Waals surface area contributed by atoms with Gasteiger partial charge in [0.1, 0.15) is 0 Å². The van der Waals surface area contributed by atoms with Crippen LogP contribution in [0.3, 0.4) is 0 Å². The summed E-state index contributed by atoms with van der Waals surface area (Å²) >= 11 is 0. The number of nitrogens with zero attached hydrogens (tertiary/aromatic N) is 7. The molecule has 1 aromatic rings. The van der Waals surface area contributed by atoms with Crippen molar-refractivity contribution >= 4 is 17.8 Å². The molecule has 2 fully saturated rings. The first-order valence-corrected chi connectivity index (χ1v) is 30.5. The van der Waals surface area contributed by atoms with Crippen LogP contribution in [0, 0.1) is 0 Å². The highest BCUT2D eigenvalue weighted by Crippen LogP contribution is 2.42. The lowest BCUT2D eigenvalue weighted by Crippen LogP contribution is -2.63. The van der Waals surface area contributed by atoms with Crippen molar-refractivity contribution < 1.29 is 0 Å². The largest absolute Gasteiger partial charge is 0.354 e. The summed E-state index contributed by atoms with van der Waals surface area (Å²) in [5.41, 5.74) is 0.281. The zero-order chi connectivity index (χ0) is 50.6. The molecule has 3 heterocycles. The molecule has 2 aliphatic rings. The van der Waals surface area contributed by atoms with E-state index in [2.05, 4.69) is 115 Å². The van der Waals surface area contributed by atoms with Gasteiger partial charge in [0.2, 0.25) is 17.8 Å². The molecule has 3 rings (SSSR count). The van der Waals surface area contributed by atoms with Crippen molar-refractivity contribution in [3.63, 3.8) is 0 Å². The van der Waals surface area contributed by atoms with E-state index in [0.717, 1.165) is 69.6 Å². The van der Waals surface area contributed by atoms with Crippen molar-refractivity contribution in [1.82, 2.24) is 24.8 Å². The van der Waals surface area contributed by atoms with Crippen LogP contribution in [0.5, 0.6) is 0 Å². The molecule has 0 atom stereocenters. The predicted molar refractivity (Wildman–Crippen MR) is 306 cm³/mol. The number of anilines is 3. The predicted octanol–water partition coefficient (Wildman–Crippen LogP) is 17.7. The molecular weight excluding hydrogens is 845 g/mol. The maximum absolute atomic E-state index is 5.72. The number of aromatic nitrogens is 3. The van der Waals surface area contributed by atoms with Gasteiger partial charge in [0.15, 0.2) is 0 Å². The number of likely N-dealkylation sites (tertiary alicyclic amines) is 2. The fourth-order valence-corrected chi connectivity index (χ4v) is 12.4. The molecule has 0 spiro atoms. The molecule has 0 aliphatic carbocycles. The minimum Gasteiger partial charge on any atom is -0.354 e. The molecule has 2 saturated heterocycles. The molecule has 8 heteroatoms. The molecule has 0 saturated carbocycles. The molecule has 1 N–H and O–H groups in total. The summed E-state index contributed by atoms with van der Waals surface area (Å²) in [5, 5.41) is 3.84. The minimum absolute atomic E-state index is 0.0703. The van der Waals surface area contributed by atoms with E-state index in [-0.39, 0.29) is 22.2 Å². The summed E-state index contributed by atoms with van der Waals surface area (Å²) < 4.78 is 0. The Hall–Kier alpha value is -1.67. The van der Waals surface area contributed by atoms with Gasteiger partial charge in [0, 0.05) is 53.9 Å². The molecule has 0 radical (unpaired) electrons. The van der Waals surface area contributed by atoms with Gasteiger partial charge in [0.25, 0.3) is 0 Å². The Morgan fingerprint density at radius 3 is 0.899 bits per heavy atom. The van der Waals surface area contributed by atoms with Crippen LogP contribution in [-0.4, -0.2) is 92.7 Å². The summed E-state index contributed by atoms with van der Waals surface area (Å²) in [7, 11) is 4.69. The maximum atomic E-state index is 5.72. The lowest BCUT2D eigenvalue weighted by Gasteiger charge is -2.56. The van der Waals surface area contributed by atoms with Crippen molar-refractivity contribution in [3.05, 3.63) is 0 Å². The van der Waals surface area contributed by atoms with Crippen LogP contribution in [0.1, 0.15) is 307 Å². The zero-order valence-corrected chi connectivity index (χ0v) is 48.9. The number of piperidine rings is 2. The van der Waals surface area contributed by atoms with Gasteiger partial charge in [-0.25, -0.2) is 0 Å². The van der Waals surface area contributed by atoms with Crippen LogP contribution in [0.4, 0.5) is 17.8 Å². The van der Waals surface area contributed by atoms with E-state index >= 15 is 0 Å². The molecule has 0 aromatic carbocycles.